The number of para-hydroxylation sites is 1. The highest BCUT2D eigenvalue weighted by molar-refractivity contribution is 7.15. The summed E-state index contributed by atoms with van der Waals surface area (Å²) < 4.78 is 10.8. The fraction of sp³-hybridized carbons (Fsp3) is 0.217. The Hall–Kier alpha value is -3.12. The molecule has 1 aromatic heterocycles. The molecule has 0 fully saturated rings. The highest BCUT2D eigenvalue weighted by atomic mass is 32.1. The summed E-state index contributed by atoms with van der Waals surface area (Å²) in [5.41, 5.74) is 3.18. The predicted octanol–water partition coefficient (Wildman–Crippen LogP) is 5.31. The Morgan fingerprint density at radius 2 is 1.76 bits per heavy atom. The van der Waals surface area contributed by atoms with E-state index < -0.39 is 5.97 Å². The average molecular weight is 410 g/mol. The summed E-state index contributed by atoms with van der Waals surface area (Å²) in [4.78, 5) is 25.0. The fourth-order valence-electron chi connectivity index (χ4n) is 2.77. The first-order valence-electron chi connectivity index (χ1n) is 9.42. The maximum Gasteiger partial charge on any atom is 0.341 e. The van der Waals surface area contributed by atoms with E-state index in [2.05, 4.69) is 5.32 Å². The standard InChI is InChI=1S/C23H23NO4S/c1-3-27-23(26)21-19(17-11-9-16(2)10-12-17)15-29-22(21)24-20(25)13-14-28-18-7-5-4-6-8-18/h4-12,15H,3,13-14H2,1-2H3,(H,24,25). The van der Waals surface area contributed by atoms with Crippen molar-refractivity contribution in [2.24, 2.45) is 0 Å². The molecule has 1 heterocycles. The zero-order valence-electron chi connectivity index (χ0n) is 16.4. The lowest BCUT2D eigenvalue weighted by Crippen LogP contribution is -2.17. The number of amides is 1. The lowest BCUT2D eigenvalue weighted by Gasteiger charge is -2.09. The van der Waals surface area contributed by atoms with Crippen molar-refractivity contribution in [2.75, 3.05) is 18.5 Å². The number of carbonyl (C=O) groups excluding carboxylic acids is 2. The summed E-state index contributed by atoms with van der Waals surface area (Å²) >= 11 is 1.31. The van der Waals surface area contributed by atoms with E-state index >= 15 is 0 Å². The molecule has 1 amide bonds. The minimum atomic E-state index is -0.444. The molecule has 3 aromatic rings. The third kappa shape index (κ3) is 5.45. The predicted molar refractivity (Wildman–Crippen MR) is 116 cm³/mol. The molecule has 29 heavy (non-hydrogen) atoms. The molecule has 0 saturated heterocycles. The molecule has 0 radical (unpaired) electrons. The van der Waals surface area contributed by atoms with Crippen LogP contribution in [0.2, 0.25) is 0 Å². The highest BCUT2D eigenvalue weighted by Gasteiger charge is 2.22. The van der Waals surface area contributed by atoms with E-state index in [-0.39, 0.29) is 25.5 Å². The number of esters is 1. The van der Waals surface area contributed by atoms with Crippen LogP contribution in [0.25, 0.3) is 11.1 Å². The van der Waals surface area contributed by atoms with Gasteiger partial charge in [0.25, 0.3) is 0 Å². The van der Waals surface area contributed by atoms with Crippen LogP contribution in [-0.4, -0.2) is 25.1 Å². The Morgan fingerprint density at radius 3 is 2.45 bits per heavy atom. The smallest absolute Gasteiger partial charge is 0.341 e. The van der Waals surface area contributed by atoms with Gasteiger partial charge in [-0.2, -0.15) is 0 Å². The van der Waals surface area contributed by atoms with E-state index in [0.29, 0.717) is 16.3 Å². The van der Waals surface area contributed by atoms with Gasteiger partial charge < -0.3 is 14.8 Å². The highest BCUT2D eigenvalue weighted by Crippen LogP contribution is 2.36. The zero-order valence-corrected chi connectivity index (χ0v) is 17.3. The van der Waals surface area contributed by atoms with Crippen molar-refractivity contribution in [2.45, 2.75) is 20.3 Å². The first kappa shape index (κ1) is 20.6. The normalized spacial score (nSPS) is 10.4. The second kappa shape index (κ2) is 9.89. The first-order chi connectivity index (χ1) is 14.1. The molecule has 0 saturated carbocycles. The van der Waals surface area contributed by atoms with Gasteiger partial charge in [0, 0.05) is 10.9 Å². The molecule has 6 heteroatoms. The Kier molecular flexibility index (Phi) is 7.03. The van der Waals surface area contributed by atoms with Gasteiger partial charge in [-0.05, 0) is 31.5 Å². The van der Waals surface area contributed by atoms with Crippen LogP contribution in [-0.2, 0) is 9.53 Å². The number of hydrogen-bond acceptors (Lipinski definition) is 5. The molecule has 3 rings (SSSR count). The van der Waals surface area contributed by atoms with Crippen molar-refractivity contribution in [3.05, 3.63) is 71.1 Å². The van der Waals surface area contributed by atoms with Gasteiger partial charge in [-0.15, -0.1) is 11.3 Å². The number of ether oxygens (including phenoxy) is 2. The Bertz CT molecular complexity index is 964. The van der Waals surface area contributed by atoms with Gasteiger partial charge in [-0.3, -0.25) is 4.79 Å². The van der Waals surface area contributed by atoms with Crippen molar-refractivity contribution in [3.8, 4) is 16.9 Å². The van der Waals surface area contributed by atoms with Crippen molar-refractivity contribution >= 4 is 28.2 Å². The van der Waals surface area contributed by atoms with Crippen LogP contribution in [0.15, 0.2) is 60.0 Å². The number of rotatable bonds is 8. The number of carbonyl (C=O) groups is 2. The zero-order chi connectivity index (χ0) is 20.6. The van der Waals surface area contributed by atoms with Gasteiger partial charge in [0.2, 0.25) is 5.91 Å². The molecule has 0 spiro atoms. The van der Waals surface area contributed by atoms with E-state index in [4.69, 9.17) is 9.47 Å². The number of anilines is 1. The van der Waals surface area contributed by atoms with Crippen molar-refractivity contribution in [3.63, 3.8) is 0 Å². The third-order valence-corrected chi connectivity index (χ3v) is 5.12. The van der Waals surface area contributed by atoms with Crippen LogP contribution in [0, 0.1) is 6.92 Å². The molecule has 0 aliphatic carbocycles. The summed E-state index contributed by atoms with van der Waals surface area (Å²) in [5, 5.41) is 5.19. The molecule has 5 nitrogen and oxygen atoms in total. The number of aryl methyl sites for hydroxylation is 1. The number of thiophene rings is 1. The van der Waals surface area contributed by atoms with Crippen molar-refractivity contribution < 1.29 is 19.1 Å². The Morgan fingerprint density at radius 1 is 1.03 bits per heavy atom. The average Bonchev–Trinajstić information content (AvgIpc) is 3.13. The molecule has 0 bridgehead atoms. The molecular formula is C23H23NO4S. The maximum atomic E-state index is 12.6. The fourth-order valence-corrected chi connectivity index (χ4v) is 3.74. The van der Waals surface area contributed by atoms with E-state index in [1.165, 1.54) is 11.3 Å². The molecule has 1 N–H and O–H groups in total. The lowest BCUT2D eigenvalue weighted by atomic mass is 10.0. The van der Waals surface area contributed by atoms with Crippen molar-refractivity contribution in [1.29, 1.82) is 0 Å². The molecule has 0 unspecified atom stereocenters. The second-order valence-corrected chi connectivity index (χ2v) is 7.28. The van der Waals surface area contributed by atoms with Crippen LogP contribution >= 0.6 is 11.3 Å². The van der Waals surface area contributed by atoms with Gasteiger partial charge in [-0.1, -0.05) is 48.0 Å². The molecular weight excluding hydrogens is 386 g/mol. The van der Waals surface area contributed by atoms with Crippen LogP contribution in [0.1, 0.15) is 29.3 Å². The van der Waals surface area contributed by atoms with Gasteiger partial charge in [0.05, 0.1) is 19.6 Å². The van der Waals surface area contributed by atoms with E-state index in [1.54, 1.807) is 6.92 Å². The minimum absolute atomic E-state index is 0.176. The summed E-state index contributed by atoms with van der Waals surface area (Å²) in [6.45, 7) is 4.28. The minimum Gasteiger partial charge on any atom is -0.493 e. The van der Waals surface area contributed by atoms with Gasteiger partial charge >= 0.3 is 5.97 Å². The summed E-state index contributed by atoms with van der Waals surface area (Å²) in [7, 11) is 0. The van der Waals surface area contributed by atoms with Gasteiger partial charge in [0.1, 0.15) is 16.3 Å². The molecule has 0 aliphatic heterocycles. The van der Waals surface area contributed by atoms with E-state index in [0.717, 1.165) is 16.7 Å². The summed E-state index contributed by atoms with van der Waals surface area (Å²) in [6.07, 6.45) is 0.176. The molecule has 0 aliphatic rings. The quantitative estimate of drug-likeness (QED) is 0.512. The second-order valence-electron chi connectivity index (χ2n) is 6.40. The van der Waals surface area contributed by atoms with Crippen LogP contribution < -0.4 is 10.1 Å². The lowest BCUT2D eigenvalue weighted by molar-refractivity contribution is -0.116. The Balaban J connectivity index is 1.73. The number of hydrogen-bond donors (Lipinski definition) is 1. The third-order valence-electron chi connectivity index (χ3n) is 4.23. The van der Waals surface area contributed by atoms with E-state index in [1.807, 2.05) is 66.9 Å². The topological polar surface area (TPSA) is 64.6 Å². The molecule has 150 valence electrons. The van der Waals surface area contributed by atoms with Gasteiger partial charge in [-0.25, -0.2) is 4.79 Å². The first-order valence-corrected chi connectivity index (χ1v) is 10.3. The van der Waals surface area contributed by atoms with Crippen LogP contribution in [0.4, 0.5) is 5.00 Å². The SMILES string of the molecule is CCOC(=O)c1c(-c2ccc(C)cc2)csc1NC(=O)CCOc1ccccc1. The Labute approximate surface area is 174 Å². The summed E-state index contributed by atoms with van der Waals surface area (Å²) in [6, 6.07) is 17.2. The number of nitrogens with one attached hydrogen (secondary N) is 1. The van der Waals surface area contributed by atoms with Gasteiger partial charge in [0.15, 0.2) is 0 Å². The number of benzene rings is 2. The van der Waals surface area contributed by atoms with Crippen molar-refractivity contribution in [1.82, 2.24) is 0 Å². The van der Waals surface area contributed by atoms with E-state index in [9.17, 15) is 9.59 Å². The van der Waals surface area contributed by atoms with Crippen LogP contribution in [0.5, 0.6) is 5.75 Å². The molecule has 2 aromatic carbocycles. The summed E-state index contributed by atoms with van der Waals surface area (Å²) in [5.74, 6) is 0.0502. The maximum absolute atomic E-state index is 12.6. The molecule has 0 atom stereocenters. The largest absolute Gasteiger partial charge is 0.493 e. The monoisotopic (exact) mass is 409 g/mol. The van der Waals surface area contributed by atoms with Crippen LogP contribution in [0.3, 0.4) is 0 Å².